The van der Waals surface area contributed by atoms with Crippen LogP contribution >= 0.6 is 0 Å². The fourth-order valence-electron chi connectivity index (χ4n) is 4.25. The second kappa shape index (κ2) is 9.50. The van der Waals surface area contributed by atoms with E-state index in [1.807, 2.05) is 55.5 Å². The molecule has 0 spiro atoms. The van der Waals surface area contributed by atoms with E-state index in [1.165, 1.54) is 17.7 Å². The molecule has 2 heterocycles. The lowest BCUT2D eigenvalue weighted by molar-refractivity contribution is 0.0953. The Bertz CT molecular complexity index is 1490. The molecule has 3 aromatic carbocycles. The predicted octanol–water partition coefficient (Wildman–Crippen LogP) is 6.07. The van der Waals surface area contributed by atoms with Crippen molar-refractivity contribution in [1.82, 2.24) is 20.1 Å². The number of carbonyl (C=O) groups excluding carboxylic acids is 1. The largest absolute Gasteiger partial charge is 0.351 e. The highest BCUT2D eigenvalue weighted by Gasteiger charge is 2.18. The van der Waals surface area contributed by atoms with Crippen LogP contribution in [0.1, 0.15) is 34.5 Å². The smallest absolute Gasteiger partial charge is 0.252 e. The minimum Gasteiger partial charge on any atom is -0.351 e. The zero-order valence-corrected chi connectivity index (χ0v) is 19.6. The lowest BCUT2D eigenvalue weighted by atomic mass is 10.0. The summed E-state index contributed by atoms with van der Waals surface area (Å²) in [5.41, 5.74) is 5.56. The lowest BCUT2D eigenvalue weighted by Crippen LogP contribution is -2.27. The first kappa shape index (κ1) is 22.5. The third kappa shape index (κ3) is 4.55. The molecule has 0 fully saturated rings. The van der Waals surface area contributed by atoms with Gasteiger partial charge in [-0.2, -0.15) is 5.10 Å². The monoisotopic (exact) mass is 464 g/mol. The van der Waals surface area contributed by atoms with Gasteiger partial charge in [0.1, 0.15) is 5.82 Å². The number of benzene rings is 3. The number of hydrogen-bond acceptors (Lipinski definition) is 3. The van der Waals surface area contributed by atoms with Crippen LogP contribution < -0.4 is 5.32 Å². The molecule has 0 aliphatic carbocycles. The van der Waals surface area contributed by atoms with Crippen LogP contribution in [0.15, 0.2) is 91.1 Å². The number of nitrogens with zero attached hydrogens (tertiary/aromatic N) is 3. The first-order valence-electron chi connectivity index (χ1n) is 11.5. The van der Waals surface area contributed by atoms with Gasteiger partial charge in [-0.15, -0.1) is 0 Å². The van der Waals surface area contributed by atoms with E-state index >= 15 is 0 Å². The molecule has 0 aliphatic rings. The van der Waals surface area contributed by atoms with Gasteiger partial charge in [-0.25, -0.2) is 14.1 Å². The van der Waals surface area contributed by atoms with Crippen molar-refractivity contribution < 1.29 is 9.18 Å². The number of carbonyl (C=O) groups is 1. The third-order valence-corrected chi connectivity index (χ3v) is 6.26. The summed E-state index contributed by atoms with van der Waals surface area (Å²) in [5.74, 6) is -0.257. The van der Waals surface area contributed by atoms with Crippen molar-refractivity contribution in [2.75, 3.05) is 6.54 Å². The Morgan fingerprint density at radius 2 is 1.71 bits per heavy atom. The molecule has 1 N–H and O–H groups in total. The van der Waals surface area contributed by atoms with Crippen LogP contribution in [0.4, 0.5) is 4.39 Å². The molecular weight excluding hydrogens is 439 g/mol. The average Bonchev–Trinajstić information content (AvgIpc) is 3.28. The third-order valence-electron chi connectivity index (χ3n) is 6.26. The molecule has 1 amide bonds. The SMILES string of the molecule is Cc1c(-c2cc(C(=O)NC[C@@H](C)c3ccccc3)c3ccccc3n2)cnn1-c1ccc(F)cc1. The average molecular weight is 465 g/mol. The number of pyridine rings is 1. The van der Waals surface area contributed by atoms with Crippen LogP contribution in [0.3, 0.4) is 0 Å². The van der Waals surface area contributed by atoms with Crippen LogP contribution in [-0.4, -0.2) is 27.2 Å². The van der Waals surface area contributed by atoms with Crippen molar-refractivity contribution >= 4 is 16.8 Å². The zero-order valence-electron chi connectivity index (χ0n) is 19.6. The summed E-state index contributed by atoms with van der Waals surface area (Å²) < 4.78 is 15.1. The van der Waals surface area contributed by atoms with Gasteiger partial charge in [0.25, 0.3) is 5.91 Å². The Balaban J connectivity index is 1.48. The van der Waals surface area contributed by atoms with Gasteiger partial charge in [-0.3, -0.25) is 4.79 Å². The second-order valence-electron chi connectivity index (χ2n) is 8.63. The Morgan fingerprint density at radius 1 is 1.00 bits per heavy atom. The first-order chi connectivity index (χ1) is 17.0. The topological polar surface area (TPSA) is 59.8 Å². The second-order valence-corrected chi connectivity index (χ2v) is 8.63. The molecule has 0 saturated carbocycles. The van der Waals surface area contributed by atoms with Crippen molar-refractivity contribution in [2.45, 2.75) is 19.8 Å². The van der Waals surface area contributed by atoms with E-state index in [0.29, 0.717) is 17.8 Å². The fourth-order valence-corrected chi connectivity index (χ4v) is 4.25. The fraction of sp³-hybridized carbons (Fsp3) is 0.138. The number of aromatic nitrogens is 3. The van der Waals surface area contributed by atoms with Gasteiger partial charge in [0.05, 0.1) is 34.4 Å². The number of fused-ring (bicyclic) bond motifs is 1. The first-order valence-corrected chi connectivity index (χ1v) is 11.5. The number of rotatable bonds is 6. The molecule has 5 nitrogen and oxygen atoms in total. The van der Waals surface area contributed by atoms with Crippen LogP contribution in [0, 0.1) is 12.7 Å². The summed E-state index contributed by atoms with van der Waals surface area (Å²) in [6.07, 6.45) is 1.73. The van der Waals surface area contributed by atoms with Gasteiger partial charge in [-0.05, 0) is 54.8 Å². The van der Waals surface area contributed by atoms with Crippen molar-refractivity contribution in [3.63, 3.8) is 0 Å². The van der Waals surface area contributed by atoms with Gasteiger partial charge < -0.3 is 5.32 Å². The quantitative estimate of drug-likeness (QED) is 0.332. The molecule has 35 heavy (non-hydrogen) atoms. The molecular formula is C29H25FN4O. The maximum Gasteiger partial charge on any atom is 0.252 e. The van der Waals surface area contributed by atoms with Gasteiger partial charge in [0.2, 0.25) is 0 Å². The lowest BCUT2D eigenvalue weighted by Gasteiger charge is -2.14. The summed E-state index contributed by atoms with van der Waals surface area (Å²) in [7, 11) is 0. The molecule has 0 bridgehead atoms. The van der Waals surface area contributed by atoms with Crippen LogP contribution in [0.2, 0.25) is 0 Å². The number of amides is 1. The van der Waals surface area contributed by atoms with Crippen LogP contribution in [0.25, 0.3) is 27.8 Å². The van der Waals surface area contributed by atoms with E-state index in [4.69, 9.17) is 4.98 Å². The van der Waals surface area contributed by atoms with Gasteiger partial charge >= 0.3 is 0 Å². The normalized spacial score (nSPS) is 12.0. The molecule has 1 atom stereocenters. The number of nitrogens with one attached hydrogen (secondary N) is 1. The van der Waals surface area contributed by atoms with Gasteiger partial charge in [0.15, 0.2) is 0 Å². The predicted molar refractivity (Wildman–Crippen MR) is 136 cm³/mol. The molecule has 0 saturated heterocycles. The van der Waals surface area contributed by atoms with Crippen molar-refractivity contribution in [2.24, 2.45) is 0 Å². The molecule has 6 heteroatoms. The molecule has 174 valence electrons. The van der Waals surface area contributed by atoms with Crippen molar-refractivity contribution in [1.29, 1.82) is 0 Å². The van der Waals surface area contributed by atoms with E-state index in [1.54, 1.807) is 23.0 Å². The molecule has 2 aromatic heterocycles. The molecule has 5 aromatic rings. The van der Waals surface area contributed by atoms with Crippen LogP contribution in [-0.2, 0) is 0 Å². The Hall–Kier alpha value is -4.32. The van der Waals surface area contributed by atoms with Crippen molar-refractivity contribution in [3.8, 4) is 16.9 Å². The van der Waals surface area contributed by atoms with E-state index in [0.717, 1.165) is 27.8 Å². The number of hydrogen-bond donors (Lipinski definition) is 1. The zero-order chi connectivity index (χ0) is 24.4. The molecule has 5 rings (SSSR count). The highest BCUT2D eigenvalue weighted by molar-refractivity contribution is 6.07. The Kier molecular flexibility index (Phi) is 6.10. The summed E-state index contributed by atoms with van der Waals surface area (Å²) in [6.45, 7) is 4.55. The van der Waals surface area contributed by atoms with Gasteiger partial charge in [-0.1, -0.05) is 55.5 Å². The Morgan fingerprint density at radius 3 is 2.49 bits per heavy atom. The number of para-hydroxylation sites is 1. The van der Waals surface area contributed by atoms with E-state index in [2.05, 4.69) is 29.5 Å². The molecule has 0 aliphatic heterocycles. The van der Waals surface area contributed by atoms with E-state index in [9.17, 15) is 9.18 Å². The van der Waals surface area contributed by atoms with E-state index < -0.39 is 0 Å². The standard InChI is InChI=1S/C29H25FN4O/c1-19(21-8-4-3-5-9-21)17-31-29(35)25-16-28(33-27-11-7-6-10-24(25)27)26-18-32-34(20(26)2)23-14-12-22(30)13-15-23/h3-16,18-19H,17H2,1-2H3,(H,31,35)/t19-/m1/s1. The summed E-state index contributed by atoms with van der Waals surface area (Å²) in [5, 5.41) is 8.39. The molecule has 0 unspecified atom stereocenters. The van der Waals surface area contributed by atoms with Crippen LogP contribution in [0.5, 0.6) is 0 Å². The van der Waals surface area contributed by atoms with Crippen molar-refractivity contribution in [3.05, 3.63) is 114 Å². The minimum atomic E-state index is -0.299. The summed E-state index contributed by atoms with van der Waals surface area (Å²) >= 11 is 0. The van der Waals surface area contributed by atoms with E-state index in [-0.39, 0.29) is 17.6 Å². The minimum absolute atomic E-state index is 0.142. The number of halogens is 1. The van der Waals surface area contributed by atoms with Gasteiger partial charge in [0, 0.05) is 17.5 Å². The summed E-state index contributed by atoms with van der Waals surface area (Å²) in [6, 6.07) is 25.8. The Labute approximate surface area is 203 Å². The highest BCUT2D eigenvalue weighted by atomic mass is 19.1. The molecule has 0 radical (unpaired) electrons. The summed E-state index contributed by atoms with van der Waals surface area (Å²) in [4.78, 5) is 18.1. The maximum absolute atomic E-state index is 13.4. The maximum atomic E-state index is 13.4. The highest BCUT2D eigenvalue weighted by Crippen LogP contribution is 2.28.